The second-order valence-electron chi connectivity index (χ2n) is 21.9. The molecule has 0 bridgehead atoms. The number of ether oxygens (including phenoxy) is 6. The molecule has 3 aliphatic rings. The molecule has 20 heteroatoms. The molecule has 4 aromatic rings. The van der Waals surface area contributed by atoms with Gasteiger partial charge in [0, 0.05) is 22.5 Å². The SMILES string of the molecule is COc1cc(C2C(NC(=O)c3ccc(NC(=O)OC(C)(C)C)cc3)(C(=O)O)C(c3ccc(OC(=O)C4CCCCC4)c(OC)c3)C2(NC(=O)c2ccc(NC(=O)OC(C)(C)C)cc2)C(=O)O)ccc1OC(=O)C1CCCCC1. The number of amides is 4. The Morgan fingerprint density at radius 2 is 0.808 bits per heavy atom. The zero-order valence-corrected chi connectivity index (χ0v) is 45.1. The molecule has 4 aromatic carbocycles. The number of nitrogens with one attached hydrogen (secondary N) is 4. The molecule has 0 saturated heterocycles. The van der Waals surface area contributed by atoms with E-state index in [1.165, 1.54) is 99.1 Å². The highest BCUT2D eigenvalue weighted by Crippen LogP contribution is 2.64. The molecule has 20 nitrogen and oxygen atoms in total. The van der Waals surface area contributed by atoms with E-state index in [0.717, 1.165) is 38.5 Å². The average Bonchev–Trinajstić information content (AvgIpc) is 2.09. The summed E-state index contributed by atoms with van der Waals surface area (Å²) in [5.41, 5.74) is -7.06. The molecule has 0 radical (unpaired) electrons. The molecular weight excluding hydrogens is 1010 g/mol. The van der Waals surface area contributed by atoms with Gasteiger partial charge in [-0.25, -0.2) is 19.2 Å². The average molecular weight is 1080 g/mol. The lowest BCUT2D eigenvalue weighted by Gasteiger charge is -2.64. The van der Waals surface area contributed by atoms with E-state index in [4.69, 9.17) is 28.4 Å². The lowest BCUT2D eigenvalue weighted by atomic mass is 9.43. The highest BCUT2D eigenvalue weighted by Gasteiger charge is 2.80. The number of esters is 2. The fourth-order valence-electron chi connectivity index (χ4n) is 10.6. The van der Waals surface area contributed by atoms with Crippen LogP contribution in [0.25, 0.3) is 0 Å². The van der Waals surface area contributed by atoms with Crippen LogP contribution in [0.1, 0.15) is 149 Å². The minimum Gasteiger partial charge on any atom is -0.493 e. The summed E-state index contributed by atoms with van der Waals surface area (Å²) < 4.78 is 33.9. The van der Waals surface area contributed by atoms with Crippen LogP contribution < -0.4 is 40.2 Å². The van der Waals surface area contributed by atoms with Gasteiger partial charge in [-0.1, -0.05) is 50.7 Å². The van der Waals surface area contributed by atoms with Crippen molar-refractivity contribution in [2.24, 2.45) is 11.8 Å². The number of hydrogen-bond donors (Lipinski definition) is 6. The summed E-state index contributed by atoms with van der Waals surface area (Å²) in [4.78, 5) is 111. The summed E-state index contributed by atoms with van der Waals surface area (Å²) in [6.45, 7) is 10.1. The van der Waals surface area contributed by atoms with Crippen molar-refractivity contribution in [3.05, 3.63) is 107 Å². The van der Waals surface area contributed by atoms with Crippen molar-refractivity contribution in [3.63, 3.8) is 0 Å². The number of carboxylic acids is 2. The molecule has 78 heavy (non-hydrogen) atoms. The van der Waals surface area contributed by atoms with Crippen LogP contribution in [0.5, 0.6) is 23.0 Å². The van der Waals surface area contributed by atoms with Crippen molar-refractivity contribution in [2.75, 3.05) is 24.9 Å². The van der Waals surface area contributed by atoms with Crippen LogP contribution in [0.3, 0.4) is 0 Å². The van der Waals surface area contributed by atoms with Crippen LogP contribution >= 0.6 is 0 Å². The van der Waals surface area contributed by atoms with E-state index >= 15 is 0 Å². The highest BCUT2D eigenvalue weighted by atomic mass is 16.6. The second-order valence-corrected chi connectivity index (χ2v) is 21.9. The van der Waals surface area contributed by atoms with Crippen molar-refractivity contribution in [1.29, 1.82) is 0 Å². The number of rotatable bonds is 16. The van der Waals surface area contributed by atoms with Gasteiger partial charge in [0.2, 0.25) is 0 Å². The Morgan fingerprint density at radius 1 is 0.474 bits per heavy atom. The third-order valence-electron chi connectivity index (χ3n) is 14.1. The van der Waals surface area contributed by atoms with Gasteiger partial charge in [-0.15, -0.1) is 0 Å². The Labute approximate surface area is 452 Å². The van der Waals surface area contributed by atoms with E-state index in [-0.39, 0.29) is 68.5 Å². The first-order valence-electron chi connectivity index (χ1n) is 26.0. The number of hydrogen-bond acceptors (Lipinski definition) is 14. The number of carbonyl (C=O) groups excluding carboxylic acids is 6. The summed E-state index contributed by atoms with van der Waals surface area (Å²) in [5.74, 6) is -11.5. The summed E-state index contributed by atoms with van der Waals surface area (Å²) in [6.07, 6.45) is 6.22. The molecular formula is C58H68N4O16. The number of carbonyl (C=O) groups is 8. The lowest BCUT2D eigenvalue weighted by Crippen LogP contribution is -2.86. The molecule has 6 N–H and O–H groups in total. The Kier molecular flexibility index (Phi) is 17.4. The minimum atomic E-state index is -2.71. The van der Waals surface area contributed by atoms with Crippen LogP contribution in [0, 0.1) is 11.8 Å². The minimum absolute atomic E-state index is 0.0501. The van der Waals surface area contributed by atoms with E-state index in [1.807, 2.05) is 0 Å². The summed E-state index contributed by atoms with van der Waals surface area (Å²) >= 11 is 0. The molecule has 0 unspecified atom stereocenters. The Morgan fingerprint density at radius 3 is 1.10 bits per heavy atom. The monoisotopic (exact) mass is 1080 g/mol. The molecule has 4 amide bonds. The van der Waals surface area contributed by atoms with Crippen molar-refractivity contribution < 1.29 is 77.0 Å². The second kappa shape index (κ2) is 23.6. The maximum atomic E-state index is 14.8. The maximum Gasteiger partial charge on any atom is 0.412 e. The number of methoxy groups -OCH3 is 2. The fourth-order valence-corrected chi connectivity index (χ4v) is 10.6. The zero-order chi connectivity index (χ0) is 56.7. The van der Waals surface area contributed by atoms with Crippen molar-refractivity contribution in [2.45, 2.75) is 140 Å². The van der Waals surface area contributed by atoms with E-state index in [0.29, 0.717) is 25.7 Å². The number of carboxylic acid groups (broad SMARTS) is 2. The first-order valence-corrected chi connectivity index (χ1v) is 26.0. The molecule has 0 aromatic heterocycles. The third kappa shape index (κ3) is 12.8. The van der Waals surface area contributed by atoms with Gasteiger partial charge in [0.1, 0.15) is 11.2 Å². The lowest BCUT2D eigenvalue weighted by molar-refractivity contribution is -0.171. The van der Waals surface area contributed by atoms with Gasteiger partial charge < -0.3 is 49.3 Å². The van der Waals surface area contributed by atoms with Crippen molar-refractivity contribution >= 4 is 59.3 Å². The summed E-state index contributed by atoms with van der Waals surface area (Å²) in [5, 5.41) is 34.3. The number of anilines is 2. The summed E-state index contributed by atoms with van der Waals surface area (Å²) in [6, 6.07) is 18.7. The molecule has 0 heterocycles. The quantitative estimate of drug-likeness (QED) is 0.0450. The predicted molar refractivity (Wildman–Crippen MR) is 284 cm³/mol. The zero-order valence-electron chi connectivity index (χ0n) is 45.1. The number of benzene rings is 4. The molecule has 0 aliphatic heterocycles. The first-order chi connectivity index (χ1) is 36.9. The van der Waals surface area contributed by atoms with Gasteiger partial charge in [0.15, 0.2) is 34.1 Å². The normalized spacial score (nSPS) is 20.6. The molecule has 3 aliphatic carbocycles. The Bertz CT molecular complexity index is 2710. The van der Waals surface area contributed by atoms with E-state index in [1.54, 1.807) is 41.5 Å². The van der Waals surface area contributed by atoms with Gasteiger partial charge in [-0.2, -0.15) is 0 Å². The van der Waals surface area contributed by atoms with Crippen molar-refractivity contribution in [3.8, 4) is 23.0 Å². The van der Waals surface area contributed by atoms with Crippen LogP contribution in [0.15, 0.2) is 84.9 Å². The smallest absolute Gasteiger partial charge is 0.412 e. The topological polar surface area (TPSA) is 281 Å². The van der Waals surface area contributed by atoms with Crippen LogP contribution in [-0.4, -0.2) is 94.6 Å². The van der Waals surface area contributed by atoms with Gasteiger partial charge >= 0.3 is 36.1 Å². The molecule has 7 rings (SSSR count). The standard InChI is InChI=1S/C58H68N4O16/c1-55(2,3)77-53(71)59-39-25-19-33(20-26-39)47(63)61-57(51(67)68)45(37-23-29-41(43(31-37)73-7)75-49(65)35-15-11-9-12-16-35)58(52(69)70,62-48(64)34-21-27-40(28-22-34)60-54(72)78-56(4,5)6)46(57)38-24-30-42(44(32-38)74-8)76-50(66)36-17-13-10-14-18-36/h19-32,35-36,45-46H,9-18H2,1-8H3,(H,59,71)(H,60,72)(H,61,63)(H,62,64)(H,67,68)(H,69,70). The highest BCUT2D eigenvalue weighted by molar-refractivity contribution is 6.06. The van der Waals surface area contributed by atoms with E-state index < -0.39 is 82.0 Å². The van der Waals surface area contributed by atoms with Gasteiger partial charge in [0.05, 0.1) is 37.9 Å². The van der Waals surface area contributed by atoms with E-state index in [2.05, 4.69) is 21.3 Å². The molecule has 3 fully saturated rings. The van der Waals surface area contributed by atoms with Crippen LogP contribution in [0.4, 0.5) is 21.0 Å². The molecule has 0 atom stereocenters. The fraction of sp³-hybridized carbons (Fsp3) is 0.448. The predicted octanol–water partition coefficient (Wildman–Crippen LogP) is 9.76. The Hall–Kier alpha value is -8.16. The Balaban J connectivity index is 1.39. The first kappa shape index (κ1) is 57.5. The van der Waals surface area contributed by atoms with Gasteiger partial charge in [-0.05, 0) is 151 Å². The van der Waals surface area contributed by atoms with E-state index in [9.17, 15) is 48.6 Å². The number of aliphatic carboxylic acids is 2. The largest absolute Gasteiger partial charge is 0.493 e. The van der Waals surface area contributed by atoms with Crippen molar-refractivity contribution in [1.82, 2.24) is 10.6 Å². The maximum absolute atomic E-state index is 14.8. The molecule has 416 valence electrons. The van der Waals surface area contributed by atoms with Crippen LogP contribution in [-0.2, 0) is 28.7 Å². The van der Waals surface area contributed by atoms with Crippen LogP contribution in [0.2, 0.25) is 0 Å². The third-order valence-corrected chi connectivity index (χ3v) is 14.1. The molecule has 3 saturated carbocycles. The van der Waals surface area contributed by atoms with Gasteiger partial charge in [0.25, 0.3) is 11.8 Å². The van der Waals surface area contributed by atoms with Gasteiger partial charge in [-0.3, -0.25) is 29.8 Å². The molecule has 0 spiro atoms. The summed E-state index contributed by atoms with van der Waals surface area (Å²) in [7, 11) is 2.55.